The summed E-state index contributed by atoms with van der Waals surface area (Å²) in [6, 6.07) is 16.9. The number of nitriles is 1. The smallest absolute Gasteiger partial charge is 0.326 e. The van der Waals surface area contributed by atoms with Gasteiger partial charge >= 0.3 is 6.03 Å². The van der Waals surface area contributed by atoms with Crippen molar-refractivity contribution in [1.29, 1.82) is 5.26 Å². The van der Waals surface area contributed by atoms with Crippen LogP contribution in [0.25, 0.3) is 0 Å². The van der Waals surface area contributed by atoms with Gasteiger partial charge in [-0.2, -0.15) is 5.26 Å². The molecule has 0 spiro atoms. The van der Waals surface area contributed by atoms with Crippen LogP contribution in [0.4, 0.5) is 10.5 Å². The zero-order chi connectivity index (χ0) is 35.7. The highest BCUT2D eigenvalue weighted by Crippen LogP contribution is 2.48. The maximum atomic E-state index is 13.9. The average Bonchev–Trinajstić information content (AvgIpc) is 3.51. The summed E-state index contributed by atoms with van der Waals surface area (Å²) < 4.78 is 6.04. The highest BCUT2D eigenvalue weighted by Gasteiger charge is 2.52. The van der Waals surface area contributed by atoms with E-state index in [4.69, 9.17) is 4.74 Å². The molecule has 0 radical (unpaired) electrons. The van der Waals surface area contributed by atoms with Gasteiger partial charge in [-0.3, -0.25) is 19.4 Å². The number of amides is 4. The van der Waals surface area contributed by atoms with Gasteiger partial charge in [-0.05, 0) is 114 Å². The van der Waals surface area contributed by atoms with E-state index < -0.39 is 5.54 Å². The number of carbonyl (C=O) groups excluding carboxylic acids is 3. The summed E-state index contributed by atoms with van der Waals surface area (Å²) in [5.74, 6) is 0.833. The Morgan fingerprint density at radius 2 is 1.82 bits per heavy atom. The fraction of sp³-hybridized carbons (Fsp3) is 0.487. The minimum absolute atomic E-state index is 0.0559. The fourth-order valence-corrected chi connectivity index (χ4v) is 9.64. The molecule has 4 atom stereocenters. The van der Waals surface area contributed by atoms with Crippen molar-refractivity contribution in [3.63, 3.8) is 0 Å². The van der Waals surface area contributed by atoms with Gasteiger partial charge in [0.1, 0.15) is 23.1 Å². The lowest BCUT2D eigenvalue weighted by Crippen LogP contribution is -2.62. The molecule has 2 aromatic rings. The van der Waals surface area contributed by atoms with Gasteiger partial charge in [-0.1, -0.05) is 36.4 Å². The summed E-state index contributed by atoms with van der Waals surface area (Å²) in [6.07, 6.45) is 7.47. The Morgan fingerprint density at radius 1 is 1.04 bits per heavy atom. The van der Waals surface area contributed by atoms with Crippen LogP contribution >= 0.6 is 11.8 Å². The molecule has 0 aliphatic carbocycles. The van der Waals surface area contributed by atoms with Crippen LogP contribution in [0.1, 0.15) is 57.9 Å². The van der Waals surface area contributed by atoms with Gasteiger partial charge in [0, 0.05) is 42.0 Å². The number of hydrogen-bond donors (Lipinski definition) is 3. The van der Waals surface area contributed by atoms with Gasteiger partial charge in [0.15, 0.2) is 0 Å². The van der Waals surface area contributed by atoms with Crippen LogP contribution in [-0.4, -0.2) is 83.4 Å². The van der Waals surface area contributed by atoms with E-state index >= 15 is 0 Å². The predicted molar refractivity (Wildman–Crippen MR) is 198 cm³/mol. The zero-order valence-corrected chi connectivity index (χ0v) is 30.4. The standard InChI is InChI=1S/C39H47N7O4S/c1-25-21-29(50-28-12-6-4-7-13-28)14-15-30(25)46-31-16-17-41-36-32(31)33(43-38(46)49)34(51-36)35(47)42-27-11-10-18-44(24-27)37(48)26(23-40)22-39(2,3)45-19-8-5-9-20-45/h4,6-7,12-15,21-22,27,31-32,36,41H,5,8-11,16-20,24H2,1-3H3,(H,42,47)(H,43,49)/b26-22+/t27-,31?,32?,36?/m1/s1. The van der Waals surface area contributed by atoms with Crippen molar-refractivity contribution in [2.75, 3.05) is 37.6 Å². The van der Waals surface area contributed by atoms with Crippen molar-refractivity contribution in [3.05, 3.63) is 76.3 Å². The molecule has 51 heavy (non-hydrogen) atoms. The molecule has 4 amide bonds. The summed E-state index contributed by atoms with van der Waals surface area (Å²) in [5, 5.41) is 19.8. The first-order valence-electron chi connectivity index (χ1n) is 18.2. The topological polar surface area (TPSA) is 130 Å². The van der Waals surface area contributed by atoms with E-state index in [9.17, 15) is 19.6 Å². The largest absolute Gasteiger partial charge is 0.457 e. The number of carbonyl (C=O) groups is 3. The van der Waals surface area contributed by atoms with Crippen LogP contribution in [0.2, 0.25) is 0 Å². The summed E-state index contributed by atoms with van der Waals surface area (Å²) >= 11 is 1.47. The van der Waals surface area contributed by atoms with E-state index in [0.29, 0.717) is 29.4 Å². The Labute approximate surface area is 304 Å². The minimum Gasteiger partial charge on any atom is -0.457 e. The number of piperidine rings is 3. The van der Waals surface area contributed by atoms with Gasteiger partial charge in [0.2, 0.25) is 0 Å². The van der Waals surface area contributed by atoms with Gasteiger partial charge in [-0.15, -0.1) is 0 Å². The van der Waals surface area contributed by atoms with E-state index in [2.05, 4.69) is 40.8 Å². The third kappa shape index (κ3) is 7.25. The normalized spacial score (nSPS) is 25.5. The molecule has 3 unspecified atom stereocenters. The fourth-order valence-electron chi connectivity index (χ4n) is 8.25. The summed E-state index contributed by atoms with van der Waals surface area (Å²) in [6.45, 7) is 9.62. The molecule has 12 heteroatoms. The molecule has 4 fully saturated rings. The number of anilines is 1. The number of rotatable bonds is 8. The van der Waals surface area contributed by atoms with Crippen LogP contribution in [0.5, 0.6) is 11.5 Å². The molecule has 4 saturated heterocycles. The molecule has 0 bridgehead atoms. The first-order valence-corrected chi connectivity index (χ1v) is 19.1. The summed E-state index contributed by atoms with van der Waals surface area (Å²) in [7, 11) is 0. The van der Waals surface area contributed by atoms with Gasteiger partial charge in [-0.25, -0.2) is 4.79 Å². The second kappa shape index (κ2) is 14.7. The van der Waals surface area contributed by atoms with Crippen molar-refractivity contribution in [1.82, 2.24) is 25.8 Å². The number of benzene rings is 2. The number of nitrogens with one attached hydrogen (secondary N) is 3. The van der Waals surface area contributed by atoms with E-state index in [1.54, 1.807) is 4.90 Å². The third-order valence-corrected chi connectivity index (χ3v) is 12.2. The minimum atomic E-state index is -0.403. The number of nitrogens with zero attached hydrogens (tertiary/aromatic N) is 4. The van der Waals surface area contributed by atoms with Crippen LogP contribution in [0.15, 0.2) is 70.8 Å². The quantitative estimate of drug-likeness (QED) is 0.246. The van der Waals surface area contributed by atoms with Gasteiger partial charge in [0.25, 0.3) is 11.8 Å². The molecule has 268 valence electrons. The second-order valence-corrected chi connectivity index (χ2v) is 15.9. The number of urea groups is 1. The molecule has 5 aliphatic rings. The highest BCUT2D eigenvalue weighted by molar-refractivity contribution is 8.04. The maximum Gasteiger partial charge on any atom is 0.326 e. The molecule has 7 rings (SSSR count). The third-order valence-electron chi connectivity index (χ3n) is 10.8. The highest BCUT2D eigenvalue weighted by atomic mass is 32.2. The Bertz CT molecular complexity index is 1780. The molecule has 2 aromatic carbocycles. The van der Waals surface area contributed by atoms with Crippen LogP contribution in [0.3, 0.4) is 0 Å². The summed E-state index contributed by atoms with van der Waals surface area (Å²) in [5.41, 5.74) is 2.15. The van der Waals surface area contributed by atoms with E-state index in [1.165, 1.54) is 18.2 Å². The molecule has 3 N–H and O–H groups in total. The van der Waals surface area contributed by atoms with Crippen LogP contribution < -0.4 is 25.6 Å². The lowest BCUT2D eigenvalue weighted by Gasteiger charge is -2.46. The van der Waals surface area contributed by atoms with E-state index in [-0.39, 0.29) is 46.8 Å². The SMILES string of the molecule is Cc1cc(Oc2ccccc2)ccc1N1C(=O)NC2=C(C(=O)N[C@@H]3CCCN(C(=O)/C(C#N)=C/C(C)(C)N4CCCCC4)C3)SC3NCCC1C23. The maximum absolute atomic E-state index is 13.9. The molecule has 0 aromatic heterocycles. The van der Waals surface area contributed by atoms with Crippen molar-refractivity contribution in [2.45, 2.75) is 82.3 Å². The molecular formula is C39H47N7O4S. The second-order valence-electron chi connectivity index (χ2n) is 14.7. The number of thioether (sulfide) groups is 1. The number of aryl methyl sites for hydroxylation is 1. The molecule has 0 saturated carbocycles. The number of likely N-dealkylation sites (tertiary alicyclic amines) is 2. The van der Waals surface area contributed by atoms with Crippen molar-refractivity contribution in [3.8, 4) is 17.6 Å². The Kier molecular flexibility index (Phi) is 10.1. The average molecular weight is 710 g/mol. The predicted octanol–water partition coefficient (Wildman–Crippen LogP) is 5.40. The lowest BCUT2D eigenvalue weighted by atomic mass is 9.86. The van der Waals surface area contributed by atoms with Crippen molar-refractivity contribution < 1.29 is 19.1 Å². The Hall–Kier alpha value is -4.31. The number of hydrogen-bond acceptors (Lipinski definition) is 8. The Balaban J connectivity index is 1.04. The Morgan fingerprint density at radius 3 is 2.57 bits per heavy atom. The van der Waals surface area contributed by atoms with Gasteiger partial charge < -0.3 is 25.6 Å². The first-order chi connectivity index (χ1) is 24.6. The number of para-hydroxylation sites is 1. The zero-order valence-electron chi connectivity index (χ0n) is 29.6. The monoisotopic (exact) mass is 709 g/mol. The first kappa shape index (κ1) is 35.1. The molecule has 5 heterocycles. The lowest BCUT2D eigenvalue weighted by molar-refractivity contribution is -0.129. The van der Waals surface area contributed by atoms with Crippen molar-refractivity contribution >= 4 is 35.3 Å². The van der Waals surface area contributed by atoms with E-state index in [1.807, 2.05) is 66.4 Å². The van der Waals surface area contributed by atoms with Crippen LogP contribution in [-0.2, 0) is 9.59 Å². The van der Waals surface area contributed by atoms with Crippen LogP contribution in [0, 0.1) is 24.2 Å². The number of ether oxygens (including phenoxy) is 1. The van der Waals surface area contributed by atoms with Crippen molar-refractivity contribution in [2.24, 2.45) is 5.92 Å². The van der Waals surface area contributed by atoms with E-state index in [0.717, 1.165) is 68.7 Å². The van der Waals surface area contributed by atoms with Gasteiger partial charge in [0.05, 0.1) is 16.3 Å². The molecule has 5 aliphatic heterocycles. The summed E-state index contributed by atoms with van der Waals surface area (Å²) in [4.78, 5) is 47.8. The molecule has 11 nitrogen and oxygen atoms in total. The molecular weight excluding hydrogens is 663 g/mol.